The zero-order chi connectivity index (χ0) is 18.2. The number of likely N-dealkylation sites (N-methyl/N-ethyl adjacent to an activating group) is 1. The summed E-state index contributed by atoms with van der Waals surface area (Å²) in [6.45, 7) is 6.82. The third kappa shape index (κ3) is 6.45. The first kappa shape index (κ1) is 19.4. The average Bonchev–Trinajstić information content (AvgIpc) is 2.57. The second-order valence-corrected chi connectivity index (χ2v) is 6.45. The maximum atomic E-state index is 12.1. The fraction of sp³-hybridized carbons (Fsp3) is 0.556. The van der Waals surface area contributed by atoms with E-state index in [1.165, 1.54) is 7.11 Å². The van der Waals surface area contributed by atoms with Crippen LogP contribution in [0.15, 0.2) is 18.2 Å². The van der Waals surface area contributed by atoms with E-state index in [1.54, 1.807) is 12.1 Å². The van der Waals surface area contributed by atoms with Gasteiger partial charge in [0.15, 0.2) is 0 Å². The molecule has 0 atom stereocenters. The summed E-state index contributed by atoms with van der Waals surface area (Å²) in [4.78, 5) is 28.3. The van der Waals surface area contributed by atoms with E-state index in [-0.39, 0.29) is 18.4 Å². The van der Waals surface area contributed by atoms with Crippen molar-refractivity contribution in [2.75, 3.05) is 64.1 Å². The highest BCUT2D eigenvalue weighted by atomic mass is 16.5. The maximum Gasteiger partial charge on any atom is 0.250 e. The molecule has 1 heterocycles. The van der Waals surface area contributed by atoms with E-state index in [2.05, 4.69) is 27.5 Å². The molecule has 0 saturated carbocycles. The maximum absolute atomic E-state index is 12.1. The van der Waals surface area contributed by atoms with Gasteiger partial charge in [0, 0.05) is 57.6 Å². The molecular formula is C18H28N4O3. The predicted octanol–water partition coefficient (Wildman–Crippen LogP) is 1.16. The zero-order valence-electron chi connectivity index (χ0n) is 15.3. The van der Waals surface area contributed by atoms with Crippen LogP contribution in [0.4, 0.5) is 11.4 Å². The number of methoxy groups -OCH3 is 1. The van der Waals surface area contributed by atoms with Gasteiger partial charge in [0.1, 0.15) is 6.61 Å². The summed E-state index contributed by atoms with van der Waals surface area (Å²) in [5, 5.41) is 5.70. The van der Waals surface area contributed by atoms with Crippen LogP contribution in [0, 0.1) is 6.92 Å². The minimum Gasteiger partial charge on any atom is -0.375 e. The summed E-state index contributed by atoms with van der Waals surface area (Å²) in [7, 11) is 3.60. The van der Waals surface area contributed by atoms with Gasteiger partial charge < -0.3 is 25.2 Å². The van der Waals surface area contributed by atoms with Gasteiger partial charge in [-0.1, -0.05) is 0 Å². The molecule has 1 aliphatic rings. The highest BCUT2D eigenvalue weighted by Crippen LogP contribution is 2.20. The van der Waals surface area contributed by atoms with Gasteiger partial charge in [0.25, 0.3) is 0 Å². The number of aryl methyl sites for hydroxylation is 1. The number of amides is 2. The van der Waals surface area contributed by atoms with Crippen LogP contribution in [0.2, 0.25) is 0 Å². The van der Waals surface area contributed by atoms with E-state index in [1.807, 2.05) is 13.0 Å². The molecule has 138 valence electrons. The van der Waals surface area contributed by atoms with Crippen LogP contribution in [0.5, 0.6) is 0 Å². The summed E-state index contributed by atoms with van der Waals surface area (Å²) >= 11 is 0. The normalized spacial score (nSPS) is 15.8. The van der Waals surface area contributed by atoms with E-state index in [0.717, 1.165) is 49.7 Å². The highest BCUT2D eigenvalue weighted by molar-refractivity contribution is 5.94. The third-order valence-corrected chi connectivity index (χ3v) is 4.31. The minimum absolute atomic E-state index is 0.00879. The molecular weight excluding hydrogens is 320 g/mol. The van der Waals surface area contributed by atoms with Crippen molar-refractivity contribution in [2.45, 2.75) is 13.3 Å². The molecule has 25 heavy (non-hydrogen) atoms. The van der Waals surface area contributed by atoms with Gasteiger partial charge in [-0.25, -0.2) is 0 Å². The van der Waals surface area contributed by atoms with Crippen molar-refractivity contribution in [2.24, 2.45) is 0 Å². The fourth-order valence-corrected chi connectivity index (χ4v) is 2.75. The van der Waals surface area contributed by atoms with E-state index in [9.17, 15) is 9.59 Å². The number of nitrogens with one attached hydrogen (secondary N) is 2. The van der Waals surface area contributed by atoms with Crippen LogP contribution in [0.3, 0.4) is 0 Å². The Morgan fingerprint density at radius 3 is 2.48 bits per heavy atom. The Morgan fingerprint density at radius 1 is 1.12 bits per heavy atom. The smallest absolute Gasteiger partial charge is 0.250 e. The van der Waals surface area contributed by atoms with Gasteiger partial charge in [-0.3, -0.25) is 9.59 Å². The Bertz CT molecular complexity index is 598. The SMILES string of the molecule is COCC(=O)Nc1ccc(NC(=O)CCN2CCN(C)CC2)cc1C. The predicted molar refractivity (Wildman–Crippen MR) is 98.9 cm³/mol. The number of rotatable bonds is 7. The standard InChI is InChI=1S/C18H28N4O3/c1-14-12-15(4-5-16(14)20-18(24)13-25-3)19-17(23)6-7-22-10-8-21(2)9-11-22/h4-5,12H,6-11,13H2,1-3H3,(H,19,23)(H,20,24). The topological polar surface area (TPSA) is 73.9 Å². The first-order chi connectivity index (χ1) is 12.0. The van der Waals surface area contributed by atoms with Crippen molar-refractivity contribution >= 4 is 23.2 Å². The molecule has 2 N–H and O–H groups in total. The molecule has 0 unspecified atom stereocenters. The Morgan fingerprint density at radius 2 is 1.84 bits per heavy atom. The second kappa shape index (κ2) is 9.50. The number of piperazine rings is 1. The lowest BCUT2D eigenvalue weighted by molar-refractivity contribution is -0.119. The second-order valence-electron chi connectivity index (χ2n) is 6.45. The highest BCUT2D eigenvalue weighted by Gasteiger charge is 2.15. The fourth-order valence-electron chi connectivity index (χ4n) is 2.75. The number of ether oxygens (including phenoxy) is 1. The van der Waals surface area contributed by atoms with Gasteiger partial charge >= 0.3 is 0 Å². The van der Waals surface area contributed by atoms with Crippen LogP contribution in [-0.4, -0.2) is 75.1 Å². The number of benzene rings is 1. The summed E-state index contributed by atoms with van der Waals surface area (Å²) in [5.74, 6) is -0.191. The van der Waals surface area contributed by atoms with Crippen LogP contribution in [0.1, 0.15) is 12.0 Å². The summed E-state index contributed by atoms with van der Waals surface area (Å²) in [6.07, 6.45) is 0.481. The lowest BCUT2D eigenvalue weighted by Crippen LogP contribution is -2.45. The van der Waals surface area contributed by atoms with E-state index < -0.39 is 0 Å². The van der Waals surface area contributed by atoms with Crippen molar-refractivity contribution in [3.63, 3.8) is 0 Å². The van der Waals surface area contributed by atoms with Gasteiger partial charge in [-0.05, 0) is 37.7 Å². The molecule has 0 bridgehead atoms. The van der Waals surface area contributed by atoms with Crippen LogP contribution in [0.25, 0.3) is 0 Å². The molecule has 1 saturated heterocycles. The quantitative estimate of drug-likeness (QED) is 0.773. The Balaban J connectivity index is 1.80. The van der Waals surface area contributed by atoms with Crippen LogP contribution < -0.4 is 10.6 Å². The first-order valence-corrected chi connectivity index (χ1v) is 8.58. The van der Waals surface area contributed by atoms with Crippen molar-refractivity contribution in [1.29, 1.82) is 0 Å². The molecule has 7 nitrogen and oxygen atoms in total. The molecule has 2 rings (SSSR count). The molecule has 0 aromatic heterocycles. The summed E-state index contributed by atoms with van der Waals surface area (Å²) < 4.78 is 4.80. The van der Waals surface area contributed by atoms with Gasteiger partial charge in [0.05, 0.1) is 0 Å². The average molecular weight is 348 g/mol. The molecule has 1 aliphatic heterocycles. The Labute approximate surface area is 149 Å². The van der Waals surface area contributed by atoms with E-state index in [0.29, 0.717) is 6.42 Å². The molecule has 1 aromatic carbocycles. The molecule has 1 aromatic rings. The number of nitrogens with zero attached hydrogens (tertiary/aromatic N) is 2. The third-order valence-electron chi connectivity index (χ3n) is 4.31. The Hall–Kier alpha value is -1.96. The minimum atomic E-state index is -0.199. The molecule has 2 amide bonds. The van der Waals surface area contributed by atoms with Crippen molar-refractivity contribution in [3.05, 3.63) is 23.8 Å². The van der Waals surface area contributed by atoms with E-state index >= 15 is 0 Å². The summed E-state index contributed by atoms with van der Waals surface area (Å²) in [6, 6.07) is 5.44. The largest absolute Gasteiger partial charge is 0.375 e. The molecule has 7 heteroatoms. The first-order valence-electron chi connectivity index (χ1n) is 8.58. The van der Waals surface area contributed by atoms with Crippen LogP contribution >= 0.6 is 0 Å². The lowest BCUT2D eigenvalue weighted by Gasteiger charge is -2.32. The van der Waals surface area contributed by atoms with Gasteiger partial charge in [-0.15, -0.1) is 0 Å². The van der Waals surface area contributed by atoms with Gasteiger partial charge in [-0.2, -0.15) is 0 Å². The molecule has 1 fully saturated rings. The Kier molecular flexibility index (Phi) is 7.36. The van der Waals surface area contributed by atoms with E-state index in [4.69, 9.17) is 4.74 Å². The van der Waals surface area contributed by atoms with Crippen molar-refractivity contribution in [3.8, 4) is 0 Å². The van der Waals surface area contributed by atoms with Crippen LogP contribution in [-0.2, 0) is 14.3 Å². The number of anilines is 2. The number of hydrogen-bond donors (Lipinski definition) is 2. The number of carbonyl (C=O) groups excluding carboxylic acids is 2. The lowest BCUT2D eigenvalue weighted by atomic mass is 10.1. The number of carbonyl (C=O) groups is 2. The van der Waals surface area contributed by atoms with Crippen molar-refractivity contribution in [1.82, 2.24) is 9.80 Å². The van der Waals surface area contributed by atoms with Crippen molar-refractivity contribution < 1.29 is 14.3 Å². The monoisotopic (exact) mass is 348 g/mol. The molecule has 0 aliphatic carbocycles. The zero-order valence-corrected chi connectivity index (χ0v) is 15.3. The van der Waals surface area contributed by atoms with Gasteiger partial charge in [0.2, 0.25) is 11.8 Å². The number of hydrogen-bond acceptors (Lipinski definition) is 5. The summed E-state index contributed by atoms with van der Waals surface area (Å²) in [5.41, 5.74) is 2.35. The molecule has 0 radical (unpaired) electrons. The molecule has 0 spiro atoms.